The van der Waals surface area contributed by atoms with E-state index in [1.54, 1.807) is 0 Å². The van der Waals surface area contributed by atoms with Crippen molar-refractivity contribution in [3.05, 3.63) is 39.9 Å². The highest BCUT2D eigenvalue weighted by Gasteiger charge is 2.12. The van der Waals surface area contributed by atoms with Crippen LogP contribution in [-0.2, 0) is 11.2 Å². The summed E-state index contributed by atoms with van der Waals surface area (Å²) in [5.74, 6) is 0.191. The van der Waals surface area contributed by atoms with Crippen LogP contribution in [0.4, 0.5) is 0 Å². The summed E-state index contributed by atoms with van der Waals surface area (Å²) in [6.45, 7) is 0. The van der Waals surface area contributed by atoms with Crippen LogP contribution in [0.1, 0.15) is 17.5 Å². The molecule has 2 heteroatoms. The van der Waals surface area contributed by atoms with Gasteiger partial charge in [0.2, 0.25) is 0 Å². The summed E-state index contributed by atoms with van der Waals surface area (Å²) in [4.78, 5) is 11.4. The molecule has 0 fully saturated rings. The normalized spacial score (nSPS) is 16.1. The van der Waals surface area contributed by atoms with E-state index in [0.717, 1.165) is 12.0 Å². The van der Waals surface area contributed by atoms with Crippen LogP contribution in [0.3, 0.4) is 0 Å². The van der Waals surface area contributed by atoms with Crippen molar-refractivity contribution in [2.24, 2.45) is 0 Å². The summed E-state index contributed by atoms with van der Waals surface area (Å²) in [5, 5.41) is 0. The largest absolute Gasteiger partial charge is 0.294 e. The molecule has 0 spiro atoms. The van der Waals surface area contributed by atoms with E-state index in [9.17, 15) is 4.79 Å². The van der Waals surface area contributed by atoms with Gasteiger partial charge in [0, 0.05) is 6.42 Å². The fraction of sp³-hybridized carbons (Fsp3) is 0.182. The van der Waals surface area contributed by atoms with Gasteiger partial charge in [-0.3, -0.25) is 4.79 Å². The number of benzene rings is 1. The van der Waals surface area contributed by atoms with E-state index in [1.165, 1.54) is 5.56 Å². The molecule has 1 aliphatic rings. The van der Waals surface area contributed by atoms with Gasteiger partial charge in [0.05, 0.1) is 4.48 Å². The molecule has 0 saturated carbocycles. The van der Waals surface area contributed by atoms with E-state index in [0.29, 0.717) is 10.9 Å². The Balaban J connectivity index is 2.51. The lowest BCUT2D eigenvalue weighted by Crippen LogP contribution is -1.96. The first-order valence-electron chi connectivity index (χ1n) is 4.25. The predicted octanol–water partition coefficient (Wildman–Crippen LogP) is 2.94. The Morgan fingerprint density at radius 2 is 1.92 bits per heavy atom. The van der Waals surface area contributed by atoms with Crippen molar-refractivity contribution in [2.45, 2.75) is 12.8 Å². The van der Waals surface area contributed by atoms with Crippen molar-refractivity contribution >= 4 is 27.8 Å². The zero-order chi connectivity index (χ0) is 9.26. The third-order valence-electron chi connectivity index (χ3n) is 2.23. The molecule has 0 saturated heterocycles. The average Bonchev–Trinajstić information content (AvgIpc) is 2.28. The number of hydrogen-bond donors (Lipinski definition) is 0. The zero-order valence-electron chi connectivity index (χ0n) is 7.09. The Bertz CT molecular complexity index is 379. The molecule has 0 atom stereocenters. The molecule has 0 N–H and O–H groups in total. The summed E-state index contributed by atoms with van der Waals surface area (Å²) in [6.07, 6.45) is 3.36. The molecule has 0 amide bonds. The smallest absolute Gasteiger partial charge is 0.170 e. The first kappa shape index (κ1) is 8.70. The lowest BCUT2D eigenvalue weighted by atomic mass is 10.1. The van der Waals surface area contributed by atoms with Gasteiger partial charge in [0.25, 0.3) is 0 Å². The maximum Gasteiger partial charge on any atom is 0.170 e. The van der Waals surface area contributed by atoms with E-state index >= 15 is 0 Å². The van der Waals surface area contributed by atoms with Gasteiger partial charge in [-0.2, -0.15) is 0 Å². The molecular formula is C11H9BrO. The Hall–Kier alpha value is -0.890. The van der Waals surface area contributed by atoms with Crippen LogP contribution < -0.4 is 0 Å². The number of ketones is 1. The number of carbonyl (C=O) groups is 1. The highest BCUT2D eigenvalue weighted by atomic mass is 79.9. The van der Waals surface area contributed by atoms with Crippen LogP contribution in [0.2, 0.25) is 0 Å². The standard InChI is InChI=1S/C11H9BrO/c12-10-7-9-4-2-1-3-8(9)5-6-11(10)13/h1-4,7H,5-6H2. The highest BCUT2D eigenvalue weighted by molar-refractivity contribution is 9.12. The third-order valence-corrected chi connectivity index (χ3v) is 2.90. The van der Waals surface area contributed by atoms with E-state index in [1.807, 2.05) is 24.3 Å². The Morgan fingerprint density at radius 3 is 2.77 bits per heavy atom. The minimum Gasteiger partial charge on any atom is -0.294 e. The van der Waals surface area contributed by atoms with Crippen molar-refractivity contribution in [3.63, 3.8) is 0 Å². The quantitative estimate of drug-likeness (QED) is 0.677. The first-order valence-corrected chi connectivity index (χ1v) is 5.05. The van der Waals surface area contributed by atoms with Crippen LogP contribution in [-0.4, -0.2) is 5.78 Å². The second-order valence-corrected chi connectivity index (χ2v) is 3.97. The monoisotopic (exact) mass is 236 g/mol. The average molecular weight is 237 g/mol. The third kappa shape index (κ3) is 1.73. The number of aryl methyl sites for hydroxylation is 1. The molecule has 1 aromatic carbocycles. The Morgan fingerprint density at radius 1 is 1.15 bits per heavy atom. The minimum atomic E-state index is 0.191. The van der Waals surface area contributed by atoms with Crippen molar-refractivity contribution in [1.82, 2.24) is 0 Å². The van der Waals surface area contributed by atoms with Gasteiger partial charge in [0.1, 0.15) is 0 Å². The lowest BCUT2D eigenvalue weighted by molar-refractivity contribution is -0.114. The van der Waals surface area contributed by atoms with Gasteiger partial charge in [-0.15, -0.1) is 0 Å². The van der Waals surface area contributed by atoms with Gasteiger partial charge in [-0.05, 0) is 39.6 Å². The molecule has 1 aromatic rings. The summed E-state index contributed by atoms with van der Waals surface area (Å²) < 4.78 is 0.692. The second kappa shape index (κ2) is 3.46. The molecule has 0 bridgehead atoms. The molecule has 0 aromatic heterocycles. The number of carbonyl (C=O) groups excluding carboxylic acids is 1. The van der Waals surface area contributed by atoms with Crippen LogP contribution in [0.5, 0.6) is 0 Å². The van der Waals surface area contributed by atoms with Gasteiger partial charge in [-0.25, -0.2) is 0 Å². The maximum atomic E-state index is 11.4. The number of allylic oxidation sites excluding steroid dienone is 1. The predicted molar refractivity (Wildman–Crippen MR) is 56.7 cm³/mol. The van der Waals surface area contributed by atoms with Crippen molar-refractivity contribution in [2.75, 3.05) is 0 Å². The fourth-order valence-corrected chi connectivity index (χ4v) is 1.93. The Kier molecular flexibility index (Phi) is 2.32. The number of hydrogen-bond acceptors (Lipinski definition) is 1. The summed E-state index contributed by atoms with van der Waals surface area (Å²) >= 11 is 3.29. The van der Waals surface area contributed by atoms with E-state index in [-0.39, 0.29) is 5.78 Å². The first-order chi connectivity index (χ1) is 6.27. The topological polar surface area (TPSA) is 17.1 Å². The number of Topliss-reactive ketones (excluding diaryl/α,β-unsaturated/α-hetero) is 1. The molecule has 0 aliphatic heterocycles. The fourth-order valence-electron chi connectivity index (χ4n) is 1.49. The Labute approximate surface area is 85.6 Å². The summed E-state index contributed by atoms with van der Waals surface area (Å²) in [5.41, 5.74) is 2.41. The SMILES string of the molecule is O=C1CCc2ccccc2C=C1Br. The molecule has 13 heavy (non-hydrogen) atoms. The molecule has 0 radical (unpaired) electrons. The second-order valence-electron chi connectivity index (χ2n) is 3.11. The van der Waals surface area contributed by atoms with Crippen molar-refractivity contribution < 1.29 is 4.79 Å². The number of halogens is 1. The molecule has 1 nitrogen and oxygen atoms in total. The summed E-state index contributed by atoms with van der Waals surface area (Å²) in [7, 11) is 0. The van der Waals surface area contributed by atoms with Gasteiger partial charge in [0.15, 0.2) is 5.78 Å². The van der Waals surface area contributed by atoms with Gasteiger partial charge >= 0.3 is 0 Å². The molecule has 1 aliphatic carbocycles. The van der Waals surface area contributed by atoms with Crippen molar-refractivity contribution in [1.29, 1.82) is 0 Å². The van der Waals surface area contributed by atoms with Crippen molar-refractivity contribution in [3.8, 4) is 0 Å². The van der Waals surface area contributed by atoms with Crippen LogP contribution in [0.25, 0.3) is 6.08 Å². The van der Waals surface area contributed by atoms with Crippen LogP contribution in [0, 0.1) is 0 Å². The van der Waals surface area contributed by atoms with E-state index in [4.69, 9.17) is 0 Å². The summed E-state index contributed by atoms with van der Waals surface area (Å²) in [6, 6.07) is 8.11. The maximum absolute atomic E-state index is 11.4. The van der Waals surface area contributed by atoms with E-state index in [2.05, 4.69) is 22.0 Å². The highest BCUT2D eigenvalue weighted by Crippen LogP contribution is 2.23. The number of rotatable bonds is 0. The molecular weight excluding hydrogens is 228 g/mol. The number of fused-ring (bicyclic) bond motifs is 1. The lowest BCUT2D eigenvalue weighted by Gasteiger charge is -1.99. The van der Waals surface area contributed by atoms with Crippen LogP contribution >= 0.6 is 15.9 Å². The minimum absolute atomic E-state index is 0.191. The molecule has 0 heterocycles. The molecule has 2 rings (SSSR count). The zero-order valence-corrected chi connectivity index (χ0v) is 8.67. The van der Waals surface area contributed by atoms with Gasteiger partial charge in [-0.1, -0.05) is 24.3 Å². The molecule has 0 unspecified atom stereocenters. The van der Waals surface area contributed by atoms with Crippen LogP contribution in [0.15, 0.2) is 28.7 Å². The van der Waals surface area contributed by atoms with Gasteiger partial charge < -0.3 is 0 Å². The van der Waals surface area contributed by atoms with E-state index < -0.39 is 0 Å². The molecule has 66 valence electrons.